The fourth-order valence-corrected chi connectivity index (χ4v) is 4.87. The zero-order valence-corrected chi connectivity index (χ0v) is 12.7. The Bertz CT molecular complexity index is 612. The largest absolute Gasteiger partial charge is 0.245 e. The standard InChI is InChI=1S/C7H8BrClN2O4S2/c1-16(12,13)11(17(2,14)15)5-3-4-6(8)10-7(5)9/h3-4H,1-2H3. The van der Waals surface area contributed by atoms with Gasteiger partial charge in [-0.3, -0.25) is 0 Å². The molecular formula is C7H8BrClN2O4S2. The van der Waals surface area contributed by atoms with Crippen molar-refractivity contribution < 1.29 is 16.8 Å². The molecule has 1 aromatic heterocycles. The van der Waals surface area contributed by atoms with E-state index < -0.39 is 20.0 Å². The highest BCUT2D eigenvalue weighted by Gasteiger charge is 2.29. The number of sulfonamides is 2. The van der Waals surface area contributed by atoms with E-state index in [1.54, 1.807) is 0 Å². The van der Waals surface area contributed by atoms with Crippen LogP contribution in [0, 0.1) is 0 Å². The van der Waals surface area contributed by atoms with Crippen LogP contribution >= 0.6 is 27.5 Å². The van der Waals surface area contributed by atoms with E-state index in [4.69, 9.17) is 11.6 Å². The second-order valence-electron chi connectivity index (χ2n) is 3.17. The molecule has 0 radical (unpaired) electrons. The number of nitrogens with zero attached hydrogens (tertiary/aromatic N) is 2. The van der Waals surface area contributed by atoms with E-state index >= 15 is 0 Å². The summed E-state index contributed by atoms with van der Waals surface area (Å²) in [6, 6.07) is 2.64. The van der Waals surface area contributed by atoms with Gasteiger partial charge in [-0.2, -0.15) is 3.71 Å². The highest BCUT2D eigenvalue weighted by Crippen LogP contribution is 2.29. The Hall–Kier alpha value is -0.380. The Labute approximate surface area is 113 Å². The van der Waals surface area contributed by atoms with Gasteiger partial charge in [0.15, 0.2) is 5.15 Å². The topological polar surface area (TPSA) is 84.4 Å². The quantitative estimate of drug-likeness (QED) is 0.754. The van der Waals surface area contributed by atoms with E-state index in [2.05, 4.69) is 20.9 Å². The number of rotatable bonds is 3. The second-order valence-corrected chi connectivity index (χ2v) is 8.23. The summed E-state index contributed by atoms with van der Waals surface area (Å²) in [5.74, 6) is 0. The van der Waals surface area contributed by atoms with Crippen LogP contribution in [0.3, 0.4) is 0 Å². The minimum absolute atomic E-state index is 0.208. The molecule has 1 rings (SSSR count). The molecule has 0 N–H and O–H groups in total. The molecule has 0 aliphatic carbocycles. The monoisotopic (exact) mass is 362 g/mol. The van der Waals surface area contributed by atoms with Gasteiger partial charge >= 0.3 is 0 Å². The van der Waals surface area contributed by atoms with Crippen molar-refractivity contribution in [1.29, 1.82) is 0 Å². The van der Waals surface area contributed by atoms with Crippen molar-refractivity contribution in [2.45, 2.75) is 0 Å². The summed E-state index contributed by atoms with van der Waals surface area (Å²) in [5, 5.41) is -0.227. The molecule has 0 bridgehead atoms. The fourth-order valence-electron chi connectivity index (χ4n) is 1.14. The smallest absolute Gasteiger partial charge is 0.227 e. The van der Waals surface area contributed by atoms with Crippen molar-refractivity contribution >= 4 is 53.3 Å². The van der Waals surface area contributed by atoms with E-state index in [1.807, 2.05) is 0 Å². The van der Waals surface area contributed by atoms with Gasteiger partial charge in [0, 0.05) is 0 Å². The number of hydrogen-bond acceptors (Lipinski definition) is 5. The first-order valence-electron chi connectivity index (χ1n) is 4.06. The van der Waals surface area contributed by atoms with Crippen LogP contribution in [0.1, 0.15) is 0 Å². The molecule has 0 fully saturated rings. The van der Waals surface area contributed by atoms with Crippen LogP contribution in [0.25, 0.3) is 0 Å². The lowest BCUT2D eigenvalue weighted by Crippen LogP contribution is -2.35. The molecule has 1 aromatic rings. The average Bonchev–Trinajstić information content (AvgIpc) is 2.04. The van der Waals surface area contributed by atoms with Crippen molar-refractivity contribution in [3.63, 3.8) is 0 Å². The second kappa shape index (κ2) is 4.71. The lowest BCUT2D eigenvalue weighted by atomic mass is 10.4. The molecule has 17 heavy (non-hydrogen) atoms. The molecule has 6 nitrogen and oxygen atoms in total. The third-order valence-electron chi connectivity index (χ3n) is 1.59. The third-order valence-corrected chi connectivity index (χ3v) is 5.54. The van der Waals surface area contributed by atoms with Crippen molar-refractivity contribution in [2.75, 3.05) is 16.2 Å². The predicted molar refractivity (Wildman–Crippen MR) is 69.1 cm³/mol. The summed E-state index contributed by atoms with van der Waals surface area (Å²) in [4.78, 5) is 3.73. The molecule has 1 heterocycles. The summed E-state index contributed by atoms with van der Waals surface area (Å²) in [6.07, 6.45) is 1.54. The third kappa shape index (κ3) is 3.54. The van der Waals surface area contributed by atoms with Crippen LogP contribution in [-0.2, 0) is 20.0 Å². The van der Waals surface area contributed by atoms with Gasteiger partial charge in [0.1, 0.15) is 10.3 Å². The number of pyridine rings is 1. The molecule has 0 atom stereocenters. The van der Waals surface area contributed by atoms with Crippen molar-refractivity contribution in [3.05, 3.63) is 21.9 Å². The zero-order chi connectivity index (χ0) is 13.4. The van der Waals surface area contributed by atoms with Crippen LogP contribution in [0.2, 0.25) is 5.15 Å². The summed E-state index contributed by atoms with van der Waals surface area (Å²) < 4.78 is 46.5. The molecule has 96 valence electrons. The maximum Gasteiger partial charge on any atom is 0.245 e. The van der Waals surface area contributed by atoms with Gasteiger partial charge in [-0.15, -0.1) is 0 Å². The molecule has 0 spiro atoms. The van der Waals surface area contributed by atoms with Crippen LogP contribution in [0.5, 0.6) is 0 Å². The average molecular weight is 364 g/mol. The number of hydrogen-bond donors (Lipinski definition) is 0. The Balaban J connectivity index is 3.56. The van der Waals surface area contributed by atoms with E-state index in [1.165, 1.54) is 12.1 Å². The van der Waals surface area contributed by atoms with E-state index in [9.17, 15) is 16.8 Å². The zero-order valence-electron chi connectivity index (χ0n) is 8.75. The maximum absolute atomic E-state index is 11.5. The van der Waals surface area contributed by atoms with Gasteiger partial charge in [-0.05, 0) is 28.1 Å². The Kier molecular flexibility index (Phi) is 4.07. The SMILES string of the molecule is CS(=O)(=O)N(c1ccc(Br)nc1Cl)S(C)(=O)=O. The lowest BCUT2D eigenvalue weighted by Gasteiger charge is -2.20. The molecule has 0 aliphatic heterocycles. The highest BCUT2D eigenvalue weighted by atomic mass is 79.9. The minimum Gasteiger partial charge on any atom is -0.227 e. The van der Waals surface area contributed by atoms with Gasteiger partial charge in [-0.1, -0.05) is 11.6 Å². The van der Waals surface area contributed by atoms with E-state index in [0.29, 0.717) is 4.60 Å². The molecule has 0 saturated carbocycles. The maximum atomic E-state index is 11.5. The van der Waals surface area contributed by atoms with Crippen molar-refractivity contribution in [2.24, 2.45) is 0 Å². The number of halogens is 2. The summed E-state index contributed by atoms with van der Waals surface area (Å²) in [6.45, 7) is 0. The highest BCUT2D eigenvalue weighted by molar-refractivity contribution is 9.10. The number of aromatic nitrogens is 1. The summed E-state index contributed by atoms with van der Waals surface area (Å²) in [7, 11) is -8.01. The van der Waals surface area contributed by atoms with Gasteiger partial charge in [0.05, 0.1) is 12.5 Å². The molecule has 0 saturated heterocycles. The van der Waals surface area contributed by atoms with Crippen molar-refractivity contribution in [3.8, 4) is 0 Å². The summed E-state index contributed by atoms with van der Waals surface area (Å²) >= 11 is 8.76. The molecule has 0 amide bonds. The molecule has 0 aliphatic rings. The van der Waals surface area contributed by atoms with Crippen LogP contribution in [0.4, 0.5) is 5.69 Å². The first-order chi connectivity index (χ1) is 7.53. The Morgan fingerprint density at radius 1 is 1.18 bits per heavy atom. The first kappa shape index (κ1) is 14.7. The van der Waals surface area contributed by atoms with E-state index in [-0.39, 0.29) is 14.6 Å². The van der Waals surface area contributed by atoms with Crippen molar-refractivity contribution in [1.82, 2.24) is 4.98 Å². The molecular weight excluding hydrogens is 356 g/mol. The molecule has 0 unspecified atom stereocenters. The first-order valence-corrected chi connectivity index (χ1v) is 8.93. The molecule has 0 aromatic carbocycles. The van der Waals surface area contributed by atoms with Gasteiger partial charge in [-0.25, -0.2) is 21.8 Å². The van der Waals surface area contributed by atoms with Gasteiger partial charge < -0.3 is 0 Å². The van der Waals surface area contributed by atoms with Crippen LogP contribution in [0.15, 0.2) is 16.7 Å². The normalized spacial score (nSPS) is 12.5. The predicted octanol–water partition coefficient (Wildman–Crippen LogP) is 1.22. The van der Waals surface area contributed by atoms with Crippen LogP contribution in [-0.4, -0.2) is 34.3 Å². The molecule has 10 heteroatoms. The Morgan fingerprint density at radius 2 is 1.65 bits per heavy atom. The fraction of sp³-hybridized carbons (Fsp3) is 0.286. The van der Waals surface area contributed by atoms with Crippen LogP contribution < -0.4 is 3.71 Å². The van der Waals surface area contributed by atoms with E-state index in [0.717, 1.165) is 12.5 Å². The summed E-state index contributed by atoms with van der Waals surface area (Å²) in [5.41, 5.74) is -0.208. The Morgan fingerprint density at radius 3 is 2.00 bits per heavy atom. The van der Waals surface area contributed by atoms with Gasteiger partial charge in [0.2, 0.25) is 20.0 Å². The minimum atomic E-state index is -4.01. The lowest BCUT2D eigenvalue weighted by molar-refractivity contribution is 0.590. The van der Waals surface area contributed by atoms with Gasteiger partial charge in [0.25, 0.3) is 0 Å². The number of anilines is 1.